The van der Waals surface area contributed by atoms with E-state index in [-0.39, 0.29) is 27.5 Å². The molecule has 0 amide bonds. The molecule has 2 aliphatic rings. The zero-order chi connectivity index (χ0) is 24.0. The number of rotatable bonds is 6. The fourth-order valence-electron chi connectivity index (χ4n) is 5.49. The smallest absolute Gasteiger partial charge is 0.200 e. The van der Waals surface area contributed by atoms with E-state index in [1.54, 1.807) is 6.08 Å². The van der Waals surface area contributed by atoms with Crippen molar-refractivity contribution in [2.75, 3.05) is 22.9 Å². The Morgan fingerprint density at radius 1 is 0.882 bits per heavy atom. The van der Waals surface area contributed by atoms with Crippen LogP contribution in [0.1, 0.15) is 46.1 Å². The maximum Gasteiger partial charge on any atom is 0.200 e. The third-order valence-electron chi connectivity index (χ3n) is 7.42. The first-order chi connectivity index (χ1) is 16.4. The normalized spacial score (nSPS) is 20.2. The number of para-hydroxylation sites is 3. The maximum absolute atomic E-state index is 13.2. The van der Waals surface area contributed by atoms with E-state index in [4.69, 9.17) is 4.74 Å². The highest BCUT2D eigenvalue weighted by atomic mass is 16.5. The zero-order valence-electron chi connectivity index (χ0n) is 20.4. The van der Waals surface area contributed by atoms with Crippen molar-refractivity contribution >= 4 is 23.5 Å². The lowest BCUT2D eigenvalue weighted by molar-refractivity contribution is 0.289. The van der Waals surface area contributed by atoms with Gasteiger partial charge in [-0.25, -0.2) is 0 Å². The number of hydrogen-bond donors (Lipinski definition) is 0. The van der Waals surface area contributed by atoms with E-state index < -0.39 is 6.23 Å². The van der Waals surface area contributed by atoms with Gasteiger partial charge in [-0.05, 0) is 49.3 Å². The van der Waals surface area contributed by atoms with Gasteiger partial charge in [-0.3, -0.25) is 9.59 Å². The number of fused-ring (bicyclic) bond motifs is 2. The Bertz CT molecular complexity index is 1380. The minimum atomic E-state index is -0.444. The average Bonchev–Trinajstić information content (AvgIpc) is 3.31. The van der Waals surface area contributed by atoms with Crippen LogP contribution < -0.4 is 35.8 Å². The van der Waals surface area contributed by atoms with Crippen LogP contribution in [0.25, 0.3) is 12.2 Å². The molecule has 0 saturated heterocycles. The highest BCUT2D eigenvalue weighted by Crippen LogP contribution is 2.45. The van der Waals surface area contributed by atoms with Crippen LogP contribution in [0.3, 0.4) is 0 Å². The number of anilines is 2. The molecule has 2 unspecified atom stereocenters. The van der Waals surface area contributed by atoms with E-state index in [0.717, 1.165) is 37.4 Å². The Kier molecular flexibility index (Phi) is 5.59. The van der Waals surface area contributed by atoms with Gasteiger partial charge in [-0.1, -0.05) is 57.5 Å². The monoisotopic (exact) mass is 456 g/mol. The van der Waals surface area contributed by atoms with Crippen molar-refractivity contribution in [1.29, 1.82) is 0 Å². The molecule has 3 aromatic carbocycles. The molecule has 0 aliphatic carbocycles. The molecule has 0 spiro atoms. The second-order valence-electron chi connectivity index (χ2n) is 9.81. The molecule has 0 N–H and O–H groups in total. The Morgan fingerprint density at radius 3 is 2.24 bits per heavy atom. The molecule has 3 aromatic rings. The third kappa shape index (κ3) is 3.37. The van der Waals surface area contributed by atoms with Gasteiger partial charge in [0.1, 0.15) is 5.75 Å². The van der Waals surface area contributed by atoms with Crippen molar-refractivity contribution in [3.05, 3.63) is 85.0 Å². The molecule has 5 heteroatoms. The quantitative estimate of drug-likeness (QED) is 0.571. The number of ether oxygens (including phenoxy) is 1. The van der Waals surface area contributed by atoms with Crippen LogP contribution in [0, 0.1) is 0 Å². The van der Waals surface area contributed by atoms with Crippen molar-refractivity contribution in [3.63, 3.8) is 0 Å². The summed E-state index contributed by atoms with van der Waals surface area (Å²) < 4.78 is 6.04. The maximum atomic E-state index is 13.2. The van der Waals surface area contributed by atoms with Gasteiger partial charge in [0, 0.05) is 24.2 Å². The molecule has 34 heavy (non-hydrogen) atoms. The second-order valence-corrected chi connectivity index (χ2v) is 9.81. The first-order valence-electron chi connectivity index (χ1n) is 12.3. The lowest BCUT2D eigenvalue weighted by atomic mass is 9.80. The van der Waals surface area contributed by atoms with Crippen LogP contribution in [0.5, 0.6) is 5.75 Å². The van der Waals surface area contributed by atoms with Gasteiger partial charge < -0.3 is 14.5 Å². The lowest BCUT2D eigenvalue weighted by Gasteiger charge is -2.32. The van der Waals surface area contributed by atoms with E-state index in [1.165, 1.54) is 11.3 Å². The summed E-state index contributed by atoms with van der Waals surface area (Å²) in [4.78, 5) is 30.8. The summed E-state index contributed by atoms with van der Waals surface area (Å²) in [6.45, 7) is 10.2. The molecule has 0 fully saturated rings. The van der Waals surface area contributed by atoms with Crippen molar-refractivity contribution in [3.8, 4) is 5.75 Å². The summed E-state index contributed by atoms with van der Waals surface area (Å²) in [5.41, 5.74) is 2.89. The molecule has 0 aromatic heterocycles. The average molecular weight is 457 g/mol. The van der Waals surface area contributed by atoms with Gasteiger partial charge in [0.15, 0.2) is 6.23 Å². The molecule has 0 bridgehead atoms. The summed E-state index contributed by atoms with van der Waals surface area (Å²) in [7, 11) is 0. The SMILES string of the molecule is CCCCN1c2ccccc2C(C)(C)C1C=c1c(=O)c(=CC2Oc3ccccc3N2CC)c1=O. The van der Waals surface area contributed by atoms with Crippen LogP contribution in [0.4, 0.5) is 11.4 Å². The number of unbranched alkanes of at least 4 members (excludes halogenated alkanes) is 1. The van der Waals surface area contributed by atoms with Crippen molar-refractivity contribution in [2.24, 2.45) is 0 Å². The lowest BCUT2D eigenvalue weighted by Crippen LogP contribution is -2.66. The molecule has 2 heterocycles. The molecular formula is C29H32N2O3. The van der Waals surface area contributed by atoms with E-state index in [9.17, 15) is 9.59 Å². The van der Waals surface area contributed by atoms with Crippen LogP contribution >= 0.6 is 0 Å². The minimum absolute atomic E-state index is 0.0416. The van der Waals surface area contributed by atoms with E-state index in [1.807, 2.05) is 37.3 Å². The Hall–Kier alpha value is -3.34. The van der Waals surface area contributed by atoms with Gasteiger partial charge in [-0.2, -0.15) is 0 Å². The van der Waals surface area contributed by atoms with Gasteiger partial charge in [0.05, 0.1) is 22.2 Å². The van der Waals surface area contributed by atoms with Crippen LogP contribution in [-0.4, -0.2) is 25.4 Å². The standard InChI is InChI=1S/C29H32N2O3/c1-5-7-16-31-22-13-9-8-12-21(22)29(3,4)25(31)17-19-27(32)20(28(19)33)18-26-30(6-2)23-14-10-11-15-24(23)34-26/h8-15,17-18,25-26H,5-7,16H2,1-4H3. The molecule has 5 nitrogen and oxygen atoms in total. The first kappa shape index (κ1) is 22.5. The van der Waals surface area contributed by atoms with Crippen molar-refractivity contribution in [1.82, 2.24) is 0 Å². The fraction of sp³-hybridized carbons (Fsp3) is 0.379. The molecule has 0 saturated carbocycles. The van der Waals surface area contributed by atoms with Gasteiger partial charge in [-0.15, -0.1) is 0 Å². The van der Waals surface area contributed by atoms with Crippen molar-refractivity contribution < 1.29 is 4.74 Å². The van der Waals surface area contributed by atoms with Gasteiger partial charge in [0.2, 0.25) is 10.9 Å². The molecule has 176 valence electrons. The predicted octanol–water partition coefficient (Wildman–Crippen LogP) is 3.06. The van der Waals surface area contributed by atoms with Crippen LogP contribution in [0.2, 0.25) is 0 Å². The van der Waals surface area contributed by atoms with E-state index in [0.29, 0.717) is 5.22 Å². The highest BCUT2D eigenvalue weighted by molar-refractivity contribution is 5.69. The highest BCUT2D eigenvalue weighted by Gasteiger charge is 2.43. The van der Waals surface area contributed by atoms with E-state index in [2.05, 4.69) is 54.8 Å². The topological polar surface area (TPSA) is 49.9 Å². The van der Waals surface area contributed by atoms with Gasteiger partial charge >= 0.3 is 0 Å². The predicted molar refractivity (Wildman–Crippen MR) is 139 cm³/mol. The summed E-state index contributed by atoms with van der Waals surface area (Å²) in [5, 5.41) is 0.535. The van der Waals surface area contributed by atoms with Crippen LogP contribution in [-0.2, 0) is 5.41 Å². The summed E-state index contributed by atoms with van der Waals surface area (Å²) in [6.07, 6.45) is 5.31. The number of benzene rings is 2. The summed E-state index contributed by atoms with van der Waals surface area (Å²) in [5.74, 6) is 0.776. The summed E-state index contributed by atoms with van der Waals surface area (Å²) in [6, 6.07) is 16.2. The number of nitrogens with zero attached hydrogens (tertiary/aromatic N) is 2. The molecule has 2 atom stereocenters. The van der Waals surface area contributed by atoms with Crippen molar-refractivity contribution in [2.45, 2.75) is 58.2 Å². The van der Waals surface area contributed by atoms with Crippen LogP contribution in [0.15, 0.2) is 58.1 Å². The molecule has 5 rings (SSSR count). The second kappa shape index (κ2) is 8.46. The number of hydrogen-bond acceptors (Lipinski definition) is 5. The largest absolute Gasteiger partial charge is 0.465 e. The minimum Gasteiger partial charge on any atom is -0.465 e. The fourth-order valence-corrected chi connectivity index (χ4v) is 5.49. The Labute approximate surface area is 200 Å². The third-order valence-corrected chi connectivity index (χ3v) is 7.42. The molecular weight excluding hydrogens is 424 g/mol. The zero-order valence-corrected chi connectivity index (χ0v) is 20.4. The van der Waals surface area contributed by atoms with Gasteiger partial charge in [0.25, 0.3) is 0 Å². The molecule has 2 aliphatic heterocycles. The first-order valence-corrected chi connectivity index (χ1v) is 12.3. The Morgan fingerprint density at radius 2 is 1.53 bits per heavy atom. The molecule has 0 radical (unpaired) electrons. The Balaban J connectivity index is 1.53. The summed E-state index contributed by atoms with van der Waals surface area (Å²) >= 11 is 0. The van der Waals surface area contributed by atoms with E-state index >= 15 is 0 Å².